The first kappa shape index (κ1) is 21.9. The Bertz CT molecular complexity index is 1460. The predicted octanol–water partition coefficient (Wildman–Crippen LogP) is 5.31. The van der Waals surface area contributed by atoms with E-state index in [9.17, 15) is 4.79 Å². The molecule has 3 heterocycles. The van der Waals surface area contributed by atoms with Crippen LogP contribution < -0.4 is 14.8 Å². The van der Waals surface area contributed by atoms with Crippen LogP contribution in [-0.2, 0) is 0 Å². The number of carbonyl (C=O) groups is 1. The average Bonchev–Trinajstić information content (AvgIpc) is 3.56. The number of aromatic amines is 2. The molecule has 5 aromatic rings. The highest BCUT2D eigenvalue weighted by Gasteiger charge is 2.20. The number of anilines is 1. The number of rotatable bonds is 6. The third-order valence-electron chi connectivity index (χ3n) is 5.21. The Morgan fingerprint density at radius 2 is 1.82 bits per heavy atom. The molecule has 9 nitrogen and oxygen atoms in total. The number of H-pyrrole nitrogens is 2. The number of benzene rings is 2. The van der Waals surface area contributed by atoms with Crippen LogP contribution in [0.5, 0.6) is 11.5 Å². The van der Waals surface area contributed by atoms with Gasteiger partial charge in [0.05, 0.1) is 42.8 Å². The first-order chi connectivity index (χ1) is 16.5. The van der Waals surface area contributed by atoms with E-state index in [4.69, 9.17) is 21.1 Å². The number of nitrogens with zero attached hydrogens (tertiary/aromatic N) is 3. The number of amides is 1. The minimum absolute atomic E-state index is 0.280. The molecule has 0 fully saturated rings. The van der Waals surface area contributed by atoms with Gasteiger partial charge in [0, 0.05) is 22.7 Å². The van der Waals surface area contributed by atoms with Crippen LogP contribution in [0.1, 0.15) is 15.4 Å². The molecule has 34 heavy (non-hydrogen) atoms. The number of ether oxygens (including phenoxy) is 2. The van der Waals surface area contributed by atoms with Crippen LogP contribution in [0.25, 0.3) is 33.1 Å². The zero-order valence-electron chi connectivity index (χ0n) is 18.4. The summed E-state index contributed by atoms with van der Waals surface area (Å²) in [6.45, 7) is 1.81. The molecule has 0 unspecified atom stereocenters. The van der Waals surface area contributed by atoms with Crippen LogP contribution in [-0.4, -0.2) is 45.3 Å². The first-order valence-corrected chi connectivity index (χ1v) is 11.4. The summed E-state index contributed by atoms with van der Waals surface area (Å²) >= 11 is 7.29. The van der Waals surface area contributed by atoms with Gasteiger partial charge < -0.3 is 19.8 Å². The molecular formula is C23H19ClN6O3S. The second kappa shape index (κ2) is 8.81. The maximum absolute atomic E-state index is 13.1. The van der Waals surface area contributed by atoms with Crippen LogP contribution in [0, 0.1) is 6.92 Å². The molecule has 5 rings (SSSR count). The Kier molecular flexibility index (Phi) is 5.68. The molecule has 11 heteroatoms. The Morgan fingerprint density at radius 1 is 1.09 bits per heavy atom. The third kappa shape index (κ3) is 3.97. The Balaban J connectivity index is 1.43. The molecule has 0 saturated carbocycles. The van der Waals surface area contributed by atoms with E-state index in [1.807, 2.05) is 12.1 Å². The number of aromatic nitrogens is 5. The van der Waals surface area contributed by atoms with E-state index in [-0.39, 0.29) is 5.91 Å². The summed E-state index contributed by atoms with van der Waals surface area (Å²) < 4.78 is 10.7. The second-order valence-corrected chi connectivity index (χ2v) is 8.80. The maximum atomic E-state index is 13.1. The number of aryl methyl sites for hydroxylation is 1. The summed E-state index contributed by atoms with van der Waals surface area (Å²) in [7, 11) is 3.14. The van der Waals surface area contributed by atoms with Crippen molar-refractivity contribution in [2.75, 3.05) is 19.5 Å². The zero-order chi connectivity index (χ0) is 23.8. The molecule has 0 bridgehead atoms. The minimum Gasteiger partial charge on any atom is -0.493 e. The van der Waals surface area contributed by atoms with Crippen LogP contribution >= 0.6 is 22.9 Å². The van der Waals surface area contributed by atoms with Gasteiger partial charge in [-0.1, -0.05) is 23.7 Å². The molecular weight excluding hydrogens is 476 g/mol. The van der Waals surface area contributed by atoms with E-state index >= 15 is 0 Å². The lowest BCUT2D eigenvalue weighted by molar-refractivity contribution is 0.103. The van der Waals surface area contributed by atoms with Gasteiger partial charge in [-0.15, -0.1) is 11.3 Å². The number of thiazole rings is 1. The largest absolute Gasteiger partial charge is 0.493 e. The number of imidazole rings is 1. The van der Waals surface area contributed by atoms with Crippen molar-refractivity contribution in [3.63, 3.8) is 0 Å². The second-order valence-electron chi connectivity index (χ2n) is 7.36. The number of carbonyl (C=O) groups excluding carboxylic acids is 1. The molecule has 0 atom stereocenters. The lowest BCUT2D eigenvalue weighted by atomic mass is 10.2. The van der Waals surface area contributed by atoms with E-state index in [1.165, 1.54) is 17.5 Å². The number of nitrogens with one attached hydrogen (secondary N) is 3. The molecule has 3 N–H and O–H groups in total. The van der Waals surface area contributed by atoms with Crippen molar-refractivity contribution < 1.29 is 14.3 Å². The lowest BCUT2D eigenvalue weighted by Gasteiger charge is -2.06. The molecule has 3 aromatic heterocycles. The Labute approximate surface area is 203 Å². The average molecular weight is 495 g/mol. The predicted molar refractivity (Wildman–Crippen MR) is 132 cm³/mol. The standard InChI is InChI=1S/C23H19ClN6O3S/c1-11-20(34-23(26-11)12-4-6-13(24)7-5-12)22(31)29-16-10-25-30-19(16)21-27-14-8-17(32-2)18(33-3)9-15(14)28-21/h4-10H,1-3H3,(H,25,30)(H,27,28)(H,29,31). The lowest BCUT2D eigenvalue weighted by Crippen LogP contribution is -2.11. The van der Waals surface area contributed by atoms with Crippen molar-refractivity contribution in [3.8, 4) is 33.6 Å². The van der Waals surface area contributed by atoms with Gasteiger partial charge in [-0.25, -0.2) is 9.97 Å². The van der Waals surface area contributed by atoms with Crippen LogP contribution in [0.3, 0.4) is 0 Å². The van der Waals surface area contributed by atoms with Crippen molar-refractivity contribution in [2.24, 2.45) is 0 Å². The topological polar surface area (TPSA) is 118 Å². The Hall–Kier alpha value is -3.89. The fourth-order valence-electron chi connectivity index (χ4n) is 3.52. The fraction of sp³-hybridized carbons (Fsp3) is 0.130. The van der Waals surface area contributed by atoms with E-state index < -0.39 is 0 Å². The molecule has 0 radical (unpaired) electrons. The molecule has 0 saturated heterocycles. The Morgan fingerprint density at radius 3 is 2.56 bits per heavy atom. The van der Waals surface area contributed by atoms with Gasteiger partial charge in [-0.3, -0.25) is 9.89 Å². The summed E-state index contributed by atoms with van der Waals surface area (Å²) in [4.78, 5) is 26.0. The molecule has 0 spiro atoms. The van der Waals surface area contributed by atoms with E-state index in [1.54, 1.807) is 45.4 Å². The summed E-state index contributed by atoms with van der Waals surface area (Å²) in [6.07, 6.45) is 1.54. The molecule has 1 amide bonds. The third-order valence-corrected chi connectivity index (χ3v) is 6.66. The van der Waals surface area contributed by atoms with Crippen molar-refractivity contribution in [1.29, 1.82) is 0 Å². The van der Waals surface area contributed by atoms with Gasteiger partial charge >= 0.3 is 0 Å². The first-order valence-electron chi connectivity index (χ1n) is 10.2. The molecule has 172 valence electrons. The van der Waals surface area contributed by atoms with Crippen LogP contribution in [0.4, 0.5) is 5.69 Å². The molecule has 2 aromatic carbocycles. The van der Waals surface area contributed by atoms with Crippen LogP contribution in [0.15, 0.2) is 42.6 Å². The number of hydrogen-bond acceptors (Lipinski definition) is 7. The van der Waals surface area contributed by atoms with E-state index in [2.05, 4.69) is 30.5 Å². The molecule has 0 aliphatic rings. The smallest absolute Gasteiger partial charge is 0.267 e. The SMILES string of the molecule is COc1cc2nc(-c3[nH]ncc3NC(=O)c3sc(-c4ccc(Cl)cc4)nc3C)[nH]c2cc1OC. The quantitative estimate of drug-likeness (QED) is 0.294. The van der Waals surface area contributed by atoms with Gasteiger partial charge in [0.25, 0.3) is 5.91 Å². The number of fused-ring (bicyclic) bond motifs is 1. The normalized spacial score (nSPS) is 11.1. The molecule has 0 aliphatic carbocycles. The van der Waals surface area contributed by atoms with Gasteiger partial charge in [0.2, 0.25) is 0 Å². The monoisotopic (exact) mass is 494 g/mol. The maximum Gasteiger partial charge on any atom is 0.267 e. The summed E-state index contributed by atoms with van der Waals surface area (Å²) in [6, 6.07) is 10.9. The van der Waals surface area contributed by atoms with Crippen molar-refractivity contribution >= 4 is 45.6 Å². The highest BCUT2D eigenvalue weighted by molar-refractivity contribution is 7.17. The van der Waals surface area contributed by atoms with E-state index in [0.717, 1.165) is 16.1 Å². The van der Waals surface area contributed by atoms with Crippen LogP contribution in [0.2, 0.25) is 5.02 Å². The van der Waals surface area contributed by atoms with Gasteiger partial charge in [0.1, 0.15) is 15.6 Å². The fourth-order valence-corrected chi connectivity index (χ4v) is 4.61. The van der Waals surface area contributed by atoms with Gasteiger partial charge in [0.15, 0.2) is 17.3 Å². The summed E-state index contributed by atoms with van der Waals surface area (Å²) in [5.74, 6) is 1.39. The number of methoxy groups -OCH3 is 2. The van der Waals surface area contributed by atoms with Crippen molar-refractivity contribution in [1.82, 2.24) is 25.1 Å². The van der Waals surface area contributed by atoms with Gasteiger partial charge in [-0.2, -0.15) is 5.10 Å². The molecule has 0 aliphatic heterocycles. The highest BCUT2D eigenvalue weighted by Crippen LogP contribution is 2.34. The minimum atomic E-state index is -0.280. The highest BCUT2D eigenvalue weighted by atomic mass is 35.5. The van der Waals surface area contributed by atoms with Crippen molar-refractivity contribution in [2.45, 2.75) is 6.92 Å². The van der Waals surface area contributed by atoms with Crippen molar-refractivity contribution in [3.05, 3.63) is 58.2 Å². The van der Waals surface area contributed by atoms with Gasteiger partial charge in [-0.05, 0) is 19.1 Å². The number of halogens is 1. The summed E-state index contributed by atoms with van der Waals surface area (Å²) in [5.41, 5.74) is 4.01. The number of hydrogen-bond donors (Lipinski definition) is 3. The summed E-state index contributed by atoms with van der Waals surface area (Å²) in [5, 5.41) is 11.3. The zero-order valence-corrected chi connectivity index (χ0v) is 20.0. The van der Waals surface area contributed by atoms with E-state index in [0.29, 0.717) is 49.8 Å².